The van der Waals surface area contributed by atoms with Crippen LogP contribution in [0.15, 0.2) is 97.2 Å². The lowest BCUT2D eigenvalue weighted by Crippen LogP contribution is -2.65. The van der Waals surface area contributed by atoms with Gasteiger partial charge in [-0.2, -0.15) is 0 Å². The average molecular weight is 2100 g/mol. The molecule has 2 heterocycles. The monoisotopic (exact) mass is 2100 g/mol. The molecule has 0 radical (unpaired) electrons. The molecule has 18 atom stereocenters. The van der Waals surface area contributed by atoms with E-state index in [1.807, 2.05) is 26.0 Å². The molecule has 0 bridgehead atoms. The van der Waals surface area contributed by atoms with Gasteiger partial charge in [0.2, 0.25) is 58.6 Å². The molecule has 0 saturated heterocycles. The van der Waals surface area contributed by atoms with Gasteiger partial charge in [0, 0.05) is 95.3 Å². The van der Waals surface area contributed by atoms with Crippen LogP contribution in [0, 0.1) is 11.8 Å². The molecule has 4 aromatic rings. The van der Waals surface area contributed by atoms with Crippen LogP contribution in [0.5, 0.6) is 5.75 Å². The number of hydrogen-bond acceptors (Lipinski definition) is 35. The number of Topliss-reactive ketones (excluding diaryl/α,β-unsaturated/α-hetero) is 13. The number of aliphatic carboxylic acids is 1. The third-order valence-corrected chi connectivity index (χ3v) is 26.7. The summed E-state index contributed by atoms with van der Waals surface area (Å²) in [6.07, 6.45) is 3.19. The van der Waals surface area contributed by atoms with Gasteiger partial charge in [-0.05, 0) is 199 Å². The third-order valence-electron chi connectivity index (χ3n) is 26.7. The number of primary amides is 2. The molecule has 0 aliphatic carbocycles. The fraction of sp³-hybridized carbons (Fsp3) is 0.607. The van der Waals surface area contributed by atoms with Crippen LogP contribution in [0.3, 0.4) is 0 Å². The lowest BCUT2D eigenvalue weighted by Gasteiger charge is -2.33. The lowest BCUT2D eigenvalue weighted by molar-refractivity contribution is -0.144. The van der Waals surface area contributed by atoms with Crippen molar-refractivity contribution in [3.8, 4) is 5.75 Å². The highest BCUT2D eigenvalue weighted by Crippen LogP contribution is 2.26. The molecule has 830 valence electrons. The van der Waals surface area contributed by atoms with Crippen molar-refractivity contribution in [3.63, 3.8) is 0 Å². The summed E-state index contributed by atoms with van der Waals surface area (Å²) in [4.78, 5) is 282. The molecule has 43 nitrogen and oxygen atoms in total. The van der Waals surface area contributed by atoms with Crippen LogP contribution < -0.4 is 103 Å². The van der Waals surface area contributed by atoms with Gasteiger partial charge in [0.05, 0.1) is 103 Å². The molecule has 25 N–H and O–H groups in total. The fourth-order valence-corrected chi connectivity index (χ4v) is 16.8. The number of fused-ring (bicyclic) bond motifs is 1. The third kappa shape index (κ3) is 46.2. The summed E-state index contributed by atoms with van der Waals surface area (Å²) in [5, 5.41) is 64.0. The summed E-state index contributed by atoms with van der Waals surface area (Å²) in [7, 11) is 0. The molecule has 43 heteroatoms. The van der Waals surface area contributed by atoms with Crippen LogP contribution >= 0.6 is 0 Å². The topological polar surface area (TPSA) is 674 Å². The predicted octanol–water partition coefficient (Wildman–Crippen LogP) is 1.85. The number of carboxylic acid groups (broad SMARTS) is 1. The molecule has 5 rings (SSSR count). The number of phenolic OH excluding ortho intramolecular Hbond substituents is 1. The maximum Gasteiger partial charge on any atom is 0.303 e. The van der Waals surface area contributed by atoms with E-state index in [2.05, 4.69) is 96.0 Å². The van der Waals surface area contributed by atoms with E-state index in [-0.39, 0.29) is 169 Å². The van der Waals surface area contributed by atoms with E-state index in [0.29, 0.717) is 66.1 Å². The molecule has 1 aromatic heterocycles. The molecule has 0 saturated carbocycles. The van der Waals surface area contributed by atoms with Gasteiger partial charge in [-0.25, -0.2) is 32.6 Å². The standard InChI is InChI=1S/C107H164N20O23/c1-62(2)52-83(118-72(13)129)103(148)120-97(71(12)128)100(145)98(143)82(54-73-30-24-23-25-31-73)126-127-107(15)48-29-22-20-18-16-17-19-21-28-47-106(14,94(139)60-114-67(8)89(134)45-50-111-65(6)87(132)41-40-86(131)64(5)110-49-44-88(133)66(7)112-51-46-90(135)68(9)116-61-117-70(11)102(109)147)121-105(150)84(53-63(3)4)124-122-79(38-42-95(108)140)93(138)59-113-69(10)91(136)57-92(137)81(56-75-58-115-78-33-27-26-32-77(75)78)123-125-85(55-74-34-36-76(130)37-35-74)104(149)119-80(39-43-96(141)142)99(144)101(107)146/h17,19,23-27,30-37,58,62-71,79-85,97,110-117,122-128,130H,16,18,20-22,28-29,38-57,59-61H2,1-15H3,(H2,108,140)(H2,109,147)(H,118,129)(H,119,149)(H,120,148)(H,121,150)(H,141,142)/t64-,65-,66-,67-,68-,69-,70+,71+,79-,80-,81-,82-,83-,84-,85-,97-,106-,107+/m0/s1. The highest BCUT2D eigenvalue weighted by molar-refractivity contribution is 6.43. The highest BCUT2D eigenvalue weighted by atomic mass is 16.4. The van der Waals surface area contributed by atoms with Crippen LogP contribution in [-0.2, 0) is 115 Å². The van der Waals surface area contributed by atoms with Crippen LogP contribution in [0.4, 0.5) is 0 Å². The number of allylic oxidation sites excluding steroid dienone is 2. The number of aliphatic hydroxyl groups excluding tert-OH is 1. The minimum absolute atomic E-state index is 0.0509. The van der Waals surface area contributed by atoms with Crippen LogP contribution in [0.25, 0.3) is 10.9 Å². The van der Waals surface area contributed by atoms with Crippen molar-refractivity contribution in [1.82, 2.24) is 96.0 Å². The molecule has 3 aromatic carbocycles. The first kappa shape index (κ1) is 129. The summed E-state index contributed by atoms with van der Waals surface area (Å²) in [6, 6.07) is 3.90. The first-order valence-electron chi connectivity index (χ1n) is 52.1. The average Bonchev–Trinajstić information content (AvgIpc) is 1.21. The van der Waals surface area contributed by atoms with Crippen LogP contribution in [0.2, 0.25) is 0 Å². The Balaban J connectivity index is 1.45. The zero-order valence-corrected chi connectivity index (χ0v) is 89.5. The van der Waals surface area contributed by atoms with Gasteiger partial charge >= 0.3 is 5.97 Å². The van der Waals surface area contributed by atoms with Crippen molar-refractivity contribution in [2.45, 2.75) is 366 Å². The van der Waals surface area contributed by atoms with Crippen molar-refractivity contribution in [2.24, 2.45) is 23.3 Å². The summed E-state index contributed by atoms with van der Waals surface area (Å²) in [5.41, 5.74) is 26.9. The molecular formula is C107H164N20O23. The maximum atomic E-state index is 15.7. The van der Waals surface area contributed by atoms with E-state index in [1.165, 1.54) is 52.0 Å². The number of aromatic nitrogens is 1. The SMILES string of the molecule is CC(=O)N[C@@H](CC(C)C)C(=O)N[C@H](C(=O)C(=O)[C@H](Cc1ccccc1)NN[C@]1(C)CCCCCCC=CCCC[C@@](C)(C(=O)CN[C@@H](C)C(=O)CCN[C@@H](C)C(=O)CCC(=O)[C@H](C)NCCC(=O)[C@H](C)NCCC(=O)[C@H](C)NCN[C@H](C)C(N)=O)NC(=O)[C@H](CC(C)C)NN[C@@H](CCC(N)=O)C(=O)CN[C@@H](C)C(=O)CC(=O)[C@H](Cc2c[nH]c3ccccc23)NN[C@@H](Cc2ccc(O)cc2)C(=O)N[C@@H](CCC(=O)O)C(=O)C1=O)[C@@H](C)O. The van der Waals surface area contributed by atoms with E-state index in [1.54, 1.807) is 123 Å². The molecule has 0 spiro atoms. The number of phenols is 1. The minimum atomic E-state index is -2.10. The lowest BCUT2D eigenvalue weighted by atomic mass is 9.85. The first-order chi connectivity index (χ1) is 70.8. The number of aromatic amines is 1. The number of carbonyl (C=O) groups excluding carboxylic acids is 19. The van der Waals surface area contributed by atoms with Gasteiger partial charge in [0.15, 0.2) is 40.5 Å². The number of benzene rings is 3. The number of hydrogen-bond donors (Lipinski definition) is 23. The number of nitrogens with two attached hydrogens (primary N) is 2. The molecule has 1 aliphatic rings. The number of carboxylic acids is 1. The zero-order chi connectivity index (χ0) is 112. The maximum absolute atomic E-state index is 15.7. The molecule has 0 fully saturated rings. The smallest absolute Gasteiger partial charge is 0.303 e. The number of para-hydroxylation sites is 1. The first-order valence-corrected chi connectivity index (χ1v) is 52.1. The number of carbonyl (C=O) groups is 20. The number of aromatic hydroxyl groups is 1. The molecule has 1 aliphatic heterocycles. The zero-order valence-electron chi connectivity index (χ0n) is 89.5. The number of amides is 6. The number of H-pyrrole nitrogens is 1. The Bertz CT molecular complexity index is 5210. The van der Waals surface area contributed by atoms with Crippen molar-refractivity contribution >= 4 is 127 Å². The van der Waals surface area contributed by atoms with E-state index < -0.39 is 228 Å². The fourth-order valence-electron chi connectivity index (χ4n) is 16.8. The Morgan fingerprint density at radius 1 is 0.513 bits per heavy atom. The molecular weight excluding hydrogens is 1930 g/mol. The summed E-state index contributed by atoms with van der Waals surface area (Å²) in [5.74, 6) is -15.1. The van der Waals surface area contributed by atoms with E-state index in [0.717, 1.165) is 0 Å². The second kappa shape index (κ2) is 66.1. The summed E-state index contributed by atoms with van der Waals surface area (Å²) < 4.78 is 0. The van der Waals surface area contributed by atoms with Gasteiger partial charge < -0.3 is 79.6 Å². The Labute approximate surface area is 878 Å². The summed E-state index contributed by atoms with van der Waals surface area (Å²) in [6.45, 7) is 23.4. The van der Waals surface area contributed by atoms with E-state index in [9.17, 15) is 92.0 Å². The van der Waals surface area contributed by atoms with Gasteiger partial charge in [-0.1, -0.05) is 120 Å². The number of hydrazine groups is 3. The number of aliphatic hydroxyl groups is 1. The normalized spacial score (nSPS) is 21.5. The minimum Gasteiger partial charge on any atom is -0.508 e. The molecule has 150 heavy (non-hydrogen) atoms. The van der Waals surface area contributed by atoms with Crippen LogP contribution in [-0.4, -0.2) is 284 Å². The van der Waals surface area contributed by atoms with Crippen molar-refractivity contribution in [3.05, 3.63) is 114 Å². The quantitative estimate of drug-likeness (QED) is 0.00986. The van der Waals surface area contributed by atoms with Crippen molar-refractivity contribution in [2.75, 3.05) is 39.4 Å². The van der Waals surface area contributed by atoms with Gasteiger partial charge in [0.25, 0.3) is 0 Å². The molecule has 0 unspecified atom stereocenters. The second-order valence-corrected chi connectivity index (χ2v) is 40.6. The summed E-state index contributed by atoms with van der Waals surface area (Å²) >= 11 is 0. The second-order valence-electron chi connectivity index (χ2n) is 40.6. The Hall–Kier alpha value is -11.8. The number of rotatable bonds is 55. The Kier molecular flexibility index (Phi) is 56.7. The van der Waals surface area contributed by atoms with Gasteiger partial charge in [0.1, 0.15) is 41.5 Å². The highest BCUT2D eigenvalue weighted by Gasteiger charge is 2.45. The van der Waals surface area contributed by atoms with Gasteiger partial charge in [-0.3, -0.25) is 107 Å². The van der Waals surface area contributed by atoms with Crippen molar-refractivity contribution < 1.29 is 111 Å². The number of nitrogens with one attached hydrogen (secondary N) is 18. The van der Waals surface area contributed by atoms with Crippen LogP contribution in [0.1, 0.15) is 255 Å². The van der Waals surface area contributed by atoms with Crippen molar-refractivity contribution in [1.29, 1.82) is 0 Å². The van der Waals surface area contributed by atoms with Gasteiger partial charge in [-0.15, -0.1) is 0 Å². The molecule has 6 amide bonds. The number of ketones is 13. The van der Waals surface area contributed by atoms with E-state index >= 15 is 19.2 Å². The Morgan fingerprint density at radius 2 is 1.05 bits per heavy atom. The van der Waals surface area contributed by atoms with E-state index in [4.69, 9.17) is 11.5 Å². The Morgan fingerprint density at radius 3 is 1.63 bits per heavy atom. The largest absolute Gasteiger partial charge is 0.508 e. The predicted molar refractivity (Wildman–Crippen MR) is 564 cm³/mol.